The number of aromatic amines is 1. The number of carbonyl (C=O) groups excluding carboxylic acids is 1. The summed E-state index contributed by atoms with van der Waals surface area (Å²) in [7, 11) is 4.00. The van der Waals surface area contributed by atoms with Gasteiger partial charge in [0.25, 0.3) is 5.91 Å². The molecule has 8 heteroatoms. The first kappa shape index (κ1) is 20.7. The van der Waals surface area contributed by atoms with E-state index in [9.17, 15) is 4.79 Å². The molecule has 0 aliphatic heterocycles. The molecule has 0 saturated carbocycles. The fraction of sp³-hybridized carbons (Fsp3) is 0.304. The summed E-state index contributed by atoms with van der Waals surface area (Å²) in [6.45, 7) is 4.51. The Balaban J connectivity index is 1.71. The van der Waals surface area contributed by atoms with E-state index in [0.29, 0.717) is 25.3 Å². The summed E-state index contributed by atoms with van der Waals surface area (Å²) in [4.78, 5) is 21.9. The minimum absolute atomic E-state index is 0.0826. The maximum absolute atomic E-state index is 13.6. The third kappa shape index (κ3) is 4.49. The van der Waals surface area contributed by atoms with Gasteiger partial charge < -0.3 is 9.80 Å². The van der Waals surface area contributed by atoms with Gasteiger partial charge in [-0.3, -0.25) is 19.6 Å². The van der Waals surface area contributed by atoms with Gasteiger partial charge in [0.1, 0.15) is 0 Å². The Morgan fingerprint density at radius 3 is 2.68 bits per heavy atom. The number of nitrogens with one attached hydrogen (secondary N) is 1. The average Bonchev–Trinajstić information content (AvgIpc) is 3.44. The molecule has 8 nitrogen and oxygen atoms in total. The van der Waals surface area contributed by atoms with Crippen LogP contribution in [0.4, 0.5) is 0 Å². The maximum atomic E-state index is 13.6. The van der Waals surface area contributed by atoms with Gasteiger partial charge in [-0.2, -0.15) is 10.2 Å². The second-order valence-corrected chi connectivity index (χ2v) is 7.73. The third-order valence-electron chi connectivity index (χ3n) is 5.27. The zero-order valence-corrected chi connectivity index (χ0v) is 18.1. The van der Waals surface area contributed by atoms with Crippen molar-refractivity contribution in [1.29, 1.82) is 0 Å². The van der Waals surface area contributed by atoms with Gasteiger partial charge in [0.05, 0.1) is 24.0 Å². The minimum atomic E-state index is -0.0826. The van der Waals surface area contributed by atoms with E-state index in [1.807, 2.05) is 67.1 Å². The number of rotatable bonds is 8. The zero-order chi connectivity index (χ0) is 21.8. The number of hydrogen-bond donors (Lipinski definition) is 1. The standard InChI is InChI=1S/C23H27N7O/c1-4-30-21-13-17(18-14-25-26-15-18)8-9-20(21)22(27-30)23(31)29(12-11-28(2)3)16-19-7-5-6-10-24-19/h5-10,13-15H,4,11-12,16H2,1-3H3,(H,25,26). The Bertz CT molecular complexity index is 1150. The molecule has 0 saturated heterocycles. The van der Waals surface area contributed by atoms with Gasteiger partial charge in [-0.25, -0.2) is 0 Å². The van der Waals surface area contributed by atoms with E-state index in [0.717, 1.165) is 34.3 Å². The van der Waals surface area contributed by atoms with E-state index < -0.39 is 0 Å². The summed E-state index contributed by atoms with van der Waals surface area (Å²) >= 11 is 0. The van der Waals surface area contributed by atoms with Gasteiger partial charge >= 0.3 is 0 Å². The van der Waals surface area contributed by atoms with Crippen molar-refractivity contribution < 1.29 is 4.79 Å². The van der Waals surface area contributed by atoms with E-state index in [4.69, 9.17) is 0 Å². The topological polar surface area (TPSA) is 82.9 Å². The van der Waals surface area contributed by atoms with Crippen LogP contribution in [0.1, 0.15) is 23.1 Å². The van der Waals surface area contributed by atoms with E-state index in [1.165, 1.54) is 0 Å². The van der Waals surface area contributed by atoms with Crippen LogP contribution in [0, 0.1) is 0 Å². The predicted octanol–water partition coefficient (Wildman–Crippen LogP) is 3.05. The molecule has 1 amide bonds. The lowest BCUT2D eigenvalue weighted by Gasteiger charge is -2.23. The Kier molecular flexibility index (Phi) is 6.08. The molecule has 0 bridgehead atoms. The van der Waals surface area contributed by atoms with Crippen LogP contribution < -0.4 is 0 Å². The van der Waals surface area contributed by atoms with E-state index in [-0.39, 0.29) is 5.91 Å². The summed E-state index contributed by atoms with van der Waals surface area (Å²) < 4.78 is 1.89. The van der Waals surface area contributed by atoms with Crippen LogP contribution in [0.3, 0.4) is 0 Å². The van der Waals surface area contributed by atoms with Gasteiger partial charge in [0.15, 0.2) is 5.69 Å². The van der Waals surface area contributed by atoms with Crippen molar-refractivity contribution in [2.45, 2.75) is 20.0 Å². The first-order valence-corrected chi connectivity index (χ1v) is 10.4. The second-order valence-electron chi connectivity index (χ2n) is 7.73. The van der Waals surface area contributed by atoms with Crippen molar-refractivity contribution in [3.8, 4) is 11.1 Å². The smallest absolute Gasteiger partial charge is 0.275 e. The lowest BCUT2D eigenvalue weighted by molar-refractivity contribution is 0.0725. The number of aryl methyl sites for hydroxylation is 1. The highest BCUT2D eigenvalue weighted by molar-refractivity contribution is 6.05. The van der Waals surface area contributed by atoms with E-state index in [1.54, 1.807) is 12.4 Å². The highest BCUT2D eigenvalue weighted by Gasteiger charge is 2.23. The van der Waals surface area contributed by atoms with Crippen LogP contribution in [0.2, 0.25) is 0 Å². The normalized spacial score (nSPS) is 11.4. The number of likely N-dealkylation sites (N-methyl/N-ethyl adjacent to an activating group) is 1. The fourth-order valence-electron chi connectivity index (χ4n) is 3.57. The number of fused-ring (bicyclic) bond motifs is 1. The molecule has 4 aromatic rings. The van der Waals surface area contributed by atoms with E-state index >= 15 is 0 Å². The molecule has 0 unspecified atom stereocenters. The second kappa shape index (κ2) is 9.09. The van der Waals surface area contributed by atoms with Crippen LogP contribution in [0.25, 0.3) is 22.0 Å². The number of aromatic nitrogens is 5. The number of hydrogen-bond acceptors (Lipinski definition) is 5. The van der Waals surface area contributed by atoms with Gasteiger partial charge in [-0.15, -0.1) is 0 Å². The van der Waals surface area contributed by atoms with Crippen molar-refractivity contribution in [2.24, 2.45) is 0 Å². The van der Waals surface area contributed by atoms with Crippen LogP contribution in [0.15, 0.2) is 55.0 Å². The van der Waals surface area contributed by atoms with Crippen LogP contribution in [0.5, 0.6) is 0 Å². The molecular formula is C23H27N7O. The van der Waals surface area contributed by atoms with Crippen molar-refractivity contribution in [1.82, 2.24) is 34.8 Å². The molecule has 0 aliphatic rings. The number of benzene rings is 1. The Hall–Kier alpha value is -3.52. The van der Waals surface area contributed by atoms with Gasteiger partial charge in [-0.1, -0.05) is 12.1 Å². The Labute approximate surface area is 181 Å². The molecule has 3 aromatic heterocycles. The van der Waals surface area contributed by atoms with Crippen molar-refractivity contribution >= 4 is 16.8 Å². The fourth-order valence-corrected chi connectivity index (χ4v) is 3.57. The molecule has 0 fully saturated rings. The average molecular weight is 418 g/mol. The van der Waals surface area contributed by atoms with Crippen molar-refractivity contribution in [3.63, 3.8) is 0 Å². The molecule has 3 heterocycles. The number of nitrogens with zero attached hydrogens (tertiary/aromatic N) is 6. The van der Waals surface area contributed by atoms with Crippen molar-refractivity contribution in [2.75, 3.05) is 27.2 Å². The van der Waals surface area contributed by atoms with E-state index in [2.05, 4.69) is 31.2 Å². The summed E-state index contributed by atoms with van der Waals surface area (Å²) in [6.07, 6.45) is 5.40. The first-order chi connectivity index (χ1) is 15.1. The lowest BCUT2D eigenvalue weighted by Crippen LogP contribution is -2.36. The van der Waals surface area contributed by atoms with Gasteiger partial charge in [0, 0.05) is 43.0 Å². The summed E-state index contributed by atoms with van der Waals surface area (Å²) in [6, 6.07) is 11.8. The largest absolute Gasteiger partial charge is 0.330 e. The Morgan fingerprint density at radius 2 is 2.00 bits per heavy atom. The number of carbonyl (C=O) groups is 1. The quantitative estimate of drug-likeness (QED) is 0.476. The number of H-pyrrole nitrogens is 1. The van der Waals surface area contributed by atoms with Crippen LogP contribution in [-0.4, -0.2) is 67.9 Å². The van der Waals surface area contributed by atoms with Crippen molar-refractivity contribution in [3.05, 3.63) is 66.4 Å². The number of pyridine rings is 1. The molecule has 160 valence electrons. The highest BCUT2D eigenvalue weighted by Crippen LogP contribution is 2.27. The Morgan fingerprint density at radius 1 is 1.13 bits per heavy atom. The maximum Gasteiger partial charge on any atom is 0.275 e. The number of amides is 1. The van der Waals surface area contributed by atoms with Gasteiger partial charge in [0.2, 0.25) is 0 Å². The summed E-state index contributed by atoms with van der Waals surface area (Å²) in [5.74, 6) is -0.0826. The molecule has 0 aliphatic carbocycles. The SMILES string of the molecule is CCn1nc(C(=O)N(CCN(C)C)Cc2ccccn2)c2ccc(-c3cn[nH]c3)cc21. The lowest BCUT2D eigenvalue weighted by atomic mass is 10.1. The zero-order valence-electron chi connectivity index (χ0n) is 18.1. The first-order valence-electron chi connectivity index (χ1n) is 10.4. The molecule has 1 aromatic carbocycles. The molecule has 0 spiro atoms. The molecule has 0 atom stereocenters. The monoisotopic (exact) mass is 417 g/mol. The van der Waals surface area contributed by atoms with Crippen LogP contribution >= 0.6 is 0 Å². The highest BCUT2D eigenvalue weighted by atomic mass is 16.2. The van der Waals surface area contributed by atoms with Gasteiger partial charge in [-0.05, 0) is 50.8 Å². The molecular weight excluding hydrogens is 390 g/mol. The minimum Gasteiger partial charge on any atom is -0.330 e. The van der Waals surface area contributed by atoms with Crippen LogP contribution in [-0.2, 0) is 13.1 Å². The molecule has 1 N–H and O–H groups in total. The predicted molar refractivity (Wildman–Crippen MR) is 121 cm³/mol. The molecule has 31 heavy (non-hydrogen) atoms. The molecule has 0 radical (unpaired) electrons. The summed E-state index contributed by atoms with van der Waals surface area (Å²) in [5, 5.41) is 12.4. The third-order valence-corrected chi connectivity index (χ3v) is 5.27. The summed E-state index contributed by atoms with van der Waals surface area (Å²) in [5.41, 5.74) is 4.31. The molecule has 4 rings (SSSR count).